The number of hydrogen-bond acceptors (Lipinski definition) is 5. The second-order valence-corrected chi connectivity index (χ2v) is 7.70. The summed E-state index contributed by atoms with van der Waals surface area (Å²) in [6.45, 7) is 10.0. The van der Waals surface area contributed by atoms with Gasteiger partial charge in [-0.25, -0.2) is 0 Å². The molecule has 0 radical (unpaired) electrons. The molecule has 0 spiro atoms. The third-order valence-electron chi connectivity index (χ3n) is 4.91. The van der Waals surface area contributed by atoms with Crippen LogP contribution in [0.25, 0.3) is 10.9 Å². The molecule has 2 aromatic heterocycles. The van der Waals surface area contributed by atoms with Gasteiger partial charge in [0.25, 0.3) is 5.56 Å². The van der Waals surface area contributed by atoms with Crippen LogP contribution in [0.3, 0.4) is 0 Å². The summed E-state index contributed by atoms with van der Waals surface area (Å²) in [6, 6.07) is 7.65. The minimum Gasteiger partial charge on any atom is -0.454 e. The van der Waals surface area contributed by atoms with Crippen LogP contribution in [-0.2, 0) is 19.6 Å². The summed E-state index contributed by atoms with van der Waals surface area (Å²) >= 11 is 6.03. The Bertz CT molecular complexity index is 1150. The molecule has 0 aliphatic carbocycles. The minimum atomic E-state index is -0.100. The minimum absolute atomic E-state index is 0.100. The predicted molar refractivity (Wildman–Crippen MR) is 113 cm³/mol. The van der Waals surface area contributed by atoms with Crippen molar-refractivity contribution in [3.05, 3.63) is 63.2 Å². The SMILES string of the molecule is C=C(Cl)Cn1c(=O)c(CNCCn2nc(C)cc2C)cc2cc3c(cc21)OCO3. The van der Waals surface area contributed by atoms with Gasteiger partial charge in [-0.3, -0.25) is 9.48 Å². The molecular formula is C21H23ClN4O3. The first kappa shape index (κ1) is 19.5. The van der Waals surface area contributed by atoms with Crippen molar-refractivity contribution in [2.24, 2.45) is 0 Å². The lowest BCUT2D eigenvalue weighted by Crippen LogP contribution is -2.29. The Balaban J connectivity index is 1.59. The topological polar surface area (TPSA) is 70.3 Å². The van der Waals surface area contributed by atoms with Gasteiger partial charge in [-0.15, -0.1) is 0 Å². The molecular weight excluding hydrogens is 392 g/mol. The maximum absolute atomic E-state index is 13.1. The molecule has 152 valence electrons. The first-order chi connectivity index (χ1) is 13.9. The highest BCUT2D eigenvalue weighted by molar-refractivity contribution is 6.29. The third-order valence-corrected chi connectivity index (χ3v) is 5.03. The van der Waals surface area contributed by atoms with E-state index in [1.54, 1.807) is 4.57 Å². The zero-order valence-electron chi connectivity index (χ0n) is 16.5. The second kappa shape index (κ2) is 7.93. The van der Waals surface area contributed by atoms with Crippen LogP contribution < -0.4 is 20.3 Å². The van der Waals surface area contributed by atoms with Crippen molar-refractivity contribution < 1.29 is 9.47 Å². The zero-order valence-corrected chi connectivity index (χ0v) is 17.3. The lowest BCUT2D eigenvalue weighted by Gasteiger charge is -2.14. The van der Waals surface area contributed by atoms with Gasteiger partial charge in [-0.05, 0) is 32.0 Å². The number of hydrogen-bond donors (Lipinski definition) is 1. The average Bonchev–Trinajstić information content (AvgIpc) is 3.25. The predicted octanol–water partition coefficient (Wildman–Crippen LogP) is 3.09. The zero-order chi connectivity index (χ0) is 20.5. The van der Waals surface area contributed by atoms with E-state index >= 15 is 0 Å². The van der Waals surface area contributed by atoms with Gasteiger partial charge in [0, 0.05) is 40.8 Å². The van der Waals surface area contributed by atoms with Gasteiger partial charge in [-0.2, -0.15) is 5.10 Å². The van der Waals surface area contributed by atoms with E-state index in [0.717, 1.165) is 28.8 Å². The smallest absolute Gasteiger partial charge is 0.255 e. The van der Waals surface area contributed by atoms with Gasteiger partial charge in [-0.1, -0.05) is 18.2 Å². The van der Waals surface area contributed by atoms with Gasteiger partial charge in [0.1, 0.15) is 0 Å². The number of benzene rings is 1. The normalized spacial score (nSPS) is 12.7. The fourth-order valence-corrected chi connectivity index (χ4v) is 3.71. The molecule has 1 aromatic carbocycles. The van der Waals surface area contributed by atoms with E-state index in [0.29, 0.717) is 35.2 Å². The molecule has 0 unspecified atom stereocenters. The fraction of sp³-hybridized carbons (Fsp3) is 0.333. The number of halogens is 1. The van der Waals surface area contributed by atoms with E-state index in [1.807, 2.05) is 42.8 Å². The Morgan fingerprint density at radius 2 is 2.00 bits per heavy atom. The van der Waals surface area contributed by atoms with Gasteiger partial charge < -0.3 is 19.4 Å². The summed E-state index contributed by atoms with van der Waals surface area (Å²) in [5.41, 5.74) is 3.42. The van der Waals surface area contributed by atoms with Crippen LogP contribution in [0.5, 0.6) is 11.5 Å². The average molecular weight is 415 g/mol. The molecule has 29 heavy (non-hydrogen) atoms. The molecule has 0 atom stereocenters. The number of pyridine rings is 1. The standard InChI is InChI=1S/C21H23ClN4O3/c1-13(22)11-25-18-9-20-19(28-12-29-20)8-16(18)7-17(21(25)27)10-23-4-5-26-15(3)6-14(2)24-26/h6-9,23H,1,4-5,10-12H2,2-3H3. The van der Waals surface area contributed by atoms with Crippen molar-refractivity contribution in [2.75, 3.05) is 13.3 Å². The number of nitrogens with one attached hydrogen (secondary N) is 1. The van der Waals surface area contributed by atoms with Crippen LogP contribution in [0.1, 0.15) is 17.0 Å². The summed E-state index contributed by atoms with van der Waals surface area (Å²) in [7, 11) is 0. The molecule has 0 amide bonds. The summed E-state index contributed by atoms with van der Waals surface area (Å²) in [5, 5.41) is 9.07. The number of fused-ring (bicyclic) bond motifs is 2. The van der Waals surface area contributed by atoms with Crippen LogP contribution in [-0.4, -0.2) is 27.7 Å². The second-order valence-electron chi connectivity index (χ2n) is 7.17. The molecule has 1 aliphatic heterocycles. The first-order valence-corrected chi connectivity index (χ1v) is 9.81. The van der Waals surface area contributed by atoms with Crippen molar-refractivity contribution in [1.29, 1.82) is 0 Å². The van der Waals surface area contributed by atoms with E-state index < -0.39 is 0 Å². The van der Waals surface area contributed by atoms with Gasteiger partial charge in [0.2, 0.25) is 6.79 Å². The van der Waals surface area contributed by atoms with Crippen LogP contribution >= 0.6 is 11.6 Å². The third kappa shape index (κ3) is 4.02. The first-order valence-electron chi connectivity index (χ1n) is 9.43. The van der Waals surface area contributed by atoms with Gasteiger partial charge in [0.05, 0.1) is 24.3 Å². The molecule has 3 aromatic rings. The van der Waals surface area contributed by atoms with Crippen LogP contribution in [0, 0.1) is 13.8 Å². The molecule has 4 rings (SSSR count). The molecule has 1 N–H and O–H groups in total. The molecule has 0 bridgehead atoms. The van der Waals surface area contributed by atoms with E-state index in [-0.39, 0.29) is 18.9 Å². The number of aromatic nitrogens is 3. The van der Waals surface area contributed by atoms with Crippen molar-refractivity contribution in [3.8, 4) is 11.5 Å². The molecule has 1 aliphatic rings. The molecule has 0 fully saturated rings. The Morgan fingerprint density at radius 1 is 1.24 bits per heavy atom. The Labute approximate surface area is 173 Å². The van der Waals surface area contributed by atoms with E-state index in [2.05, 4.69) is 17.0 Å². The maximum Gasteiger partial charge on any atom is 0.255 e. The monoisotopic (exact) mass is 414 g/mol. The van der Waals surface area contributed by atoms with E-state index in [9.17, 15) is 4.79 Å². The summed E-state index contributed by atoms with van der Waals surface area (Å²) in [5.74, 6) is 1.30. The Hall–Kier alpha value is -2.77. The maximum atomic E-state index is 13.1. The number of nitrogens with zero attached hydrogens (tertiary/aromatic N) is 3. The van der Waals surface area contributed by atoms with E-state index in [1.165, 1.54) is 0 Å². The van der Waals surface area contributed by atoms with Crippen molar-refractivity contribution >= 4 is 22.5 Å². The molecule has 8 heteroatoms. The van der Waals surface area contributed by atoms with Crippen molar-refractivity contribution in [3.63, 3.8) is 0 Å². The van der Waals surface area contributed by atoms with Crippen LogP contribution in [0.4, 0.5) is 0 Å². The summed E-state index contributed by atoms with van der Waals surface area (Å²) in [4.78, 5) is 13.1. The molecule has 3 heterocycles. The Morgan fingerprint density at radius 3 is 2.69 bits per heavy atom. The largest absolute Gasteiger partial charge is 0.454 e. The van der Waals surface area contributed by atoms with Crippen molar-refractivity contribution in [2.45, 2.75) is 33.5 Å². The highest BCUT2D eigenvalue weighted by Crippen LogP contribution is 2.36. The summed E-state index contributed by atoms with van der Waals surface area (Å²) < 4.78 is 14.5. The van der Waals surface area contributed by atoms with Gasteiger partial charge >= 0.3 is 0 Å². The summed E-state index contributed by atoms with van der Waals surface area (Å²) in [6.07, 6.45) is 0. The highest BCUT2D eigenvalue weighted by Gasteiger charge is 2.18. The van der Waals surface area contributed by atoms with E-state index in [4.69, 9.17) is 21.1 Å². The Kier molecular flexibility index (Phi) is 5.34. The fourth-order valence-electron chi connectivity index (χ4n) is 3.59. The van der Waals surface area contributed by atoms with Gasteiger partial charge in [0.15, 0.2) is 11.5 Å². The number of rotatable bonds is 7. The quantitative estimate of drug-likeness (QED) is 0.601. The van der Waals surface area contributed by atoms with Crippen molar-refractivity contribution in [1.82, 2.24) is 19.7 Å². The number of allylic oxidation sites excluding steroid dienone is 1. The lowest BCUT2D eigenvalue weighted by molar-refractivity contribution is 0.174. The molecule has 0 saturated heterocycles. The molecule has 0 saturated carbocycles. The van der Waals surface area contributed by atoms with Crippen LogP contribution in [0.2, 0.25) is 0 Å². The van der Waals surface area contributed by atoms with Crippen LogP contribution in [0.15, 0.2) is 40.7 Å². The lowest BCUT2D eigenvalue weighted by atomic mass is 10.1. The molecule has 7 nitrogen and oxygen atoms in total. The number of ether oxygens (including phenoxy) is 2. The highest BCUT2D eigenvalue weighted by atomic mass is 35.5. The number of aryl methyl sites for hydroxylation is 2.